The van der Waals surface area contributed by atoms with Crippen LogP contribution in [0.4, 0.5) is 0 Å². The molecule has 0 saturated carbocycles. The largest absolute Gasteiger partial charge is 0.463 e. The van der Waals surface area contributed by atoms with Crippen LogP contribution in [0.15, 0.2) is 60.7 Å². The third-order valence-electron chi connectivity index (χ3n) is 5.82. The maximum Gasteiger partial charge on any atom is 0.305 e. The van der Waals surface area contributed by atoms with E-state index in [1.165, 1.54) is 36.1 Å². The van der Waals surface area contributed by atoms with Crippen molar-refractivity contribution >= 4 is 24.7 Å². The molecule has 0 heterocycles. The normalized spacial score (nSPS) is 12.0. The molecule has 170 valence electrons. The molecule has 0 aliphatic heterocycles. The van der Waals surface area contributed by atoms with Gasteiger partial charge in [0.2, 0.25) is 0 Å². The van der Waals surface area contributed by atoms with E-state index in [0.29, 0.717) is 19.6 Å². The van der Waals surface area contributed by atoms with E-state index in [-0.39, 0.29) is 11.0 Å². The second-order valence-corrected chi connectivity index (χ2v) is 13.6. The molecule has 3 nitrogen and oxygen atoms in total. The first-order valence-corrected chi connectivity index (χ1v) is 13.7. The minimum absolute atomic E-state index is 0.0712. The molecule has 0 aliphatic rings. The number of hydrogen-bond acceptors (Lipinski definition) is 3. The first kappa shape index (κ1) is 25.3. The fourth-order valence-electron chi connectivity index (χ4n) is 4.23. The van der Waals surface area contributed by atoms with Crippen molar-refractivity contribution in [1.29, 1.82) is 0 Å². The Morgan fingerprint density at radius 1 is 0.774 bits per heavy atom. The zero-order chi connectivity index (χ0) is 22.6. The number of carbonyl (C=O) groups is 1. The van der Waals surface area contributed by atoms with Gasteiger partial charge in [-0.1, -0.05) is 120 Å². The highest BCUT2D eigenvalue weighted by molar-refractivity contribution is 6.99. The number of ether oxygens (including phenoxy) is 1. The average Bonchev–Trinajstić information content (AvgIpc) is 2.76. The summed E-state index contributed by atoms with van der Waals surface area (Å²) in [5, 5.41) is 2.41. The topological polar surface area (TPSA) is 35.5 Å². The molecule has 0 atom stereocenters. The molecule has 0 aliphatic carbocycles. The maximum absolute atomic E-state index is 12.1. The van der Waals surface area contributed by atoms with Crippen molar-refractivity contribution in [3.05, 3.63) is 60.7 Å². The Labute approximate surface area is 190 Å². The highest BCUT2D eigenvalue weighted by Gasteiger charge is 2.50. The molecule has 4 heteroatoms. The standard InChI is InChI=1S/C27H40O3Si/c1-5-6-7-8-9-16-21-26(28)29-22-23-30-31(27(2,3)4,24-17-12-10-13-18-24)25-19-14-11-15-20-25/h10-15,17-20H,5-9,16,21-23H2,1-4H3. The van der Waals surface area contributed by atoms with Gasteiger partial charge < -0.3 is 9.16 Å². The van der Waals surface area contributed by atoms with Gasteiger partial charge in [0.15, 0.2) is 0 Å². The number of esters is 1. The summed E-state index contributed by atoms with van der Waals surface area (Å²) in [5.41, 5.74) is 0. The van der Waals surface area contributed by atoms with Crippen LogP contribution < -0.4 is 10.4 Å². The van der Waals surface area contributed by atoms with Gasteiger partial charge in [0.25, 0.3) is 8.32 Å². The lowest BCUT2D eigenvalue weighted by Gasteiger charge is -2.43. The Balaban J connectivity index is 2.00. The van der Waals surface area contributed by atoms with Gasteiger partial charge in [0.05, 0.1) is 6.61 Å². The van der Waals surface area contributed by atoms with Crippen molar-refractivity contribution in [2.24, 2.45) is 0 Å². The van der Waals surface area contributed by atoms with Crippen molar-refractivity contribution in [2.75, 3.05) is 13.2 Å². The van der Waals surface area contributed by atoms with E-state index < -0.39 is 8.32 Å². The van der Waals surface area contributed by atoms with E-state index in [0.717, 1.165) is 12.8 Å². The molecular weight excluding hydrogens is 400 g/mol. The number of hydrogen-bond donors (Lipinski definition) is 0. The van der Waals surface area contributed by atoms with Crippen LogP contribution in [0.3, 0.4) is 0 Å². The van der Waals surface area contributed by atoms with E-state index in [2.05, 4.69) is 76.2 Å². The van der Waals surface area contributed by atoms with Crippen LogP contribution in [0.25, 0.3) is 0 Å². The van der Waals surface area contributed by atoms with E-state index in [1.807, 2.05) is 12.1 Å². The van der Waals surface area contributed by atoms with Crippen molar-refractivity contribution in [2.45, 2.75) is 77.7 Å². The quantitative estimate of drug-likeness (QED) is 0.222. The fraction of sp³-hybridized carbons (Fsp3) is 0.519. The monoisotopic (exact) mass is 440 g/mol. The zero-order valence-corrected chi connectivity index (χ0v) is 20.9. The molecule has 2 aromatic rings. The van der Waals surface area contributed by atoms with Crippen LogP contribution >= 0.6 is 0 Å². The molecule has 0 radical (unpaired) electrons. The van der Waals surface area contributed by atoms with Crippen molar-refractivity contribution in [3.8, 4) is 0 Å². The Kier molecular flexibility index (Phi) is 10.5. The maximum atomic E-state index is 12.1. The van der Waals surface area contributed by atoms with Crippen molar-refractivity contribution in [3.63, 3.8) is 0 Å². The molecule has 0 aromatic heterocycles. The van der Waals surface area contributed by atoms with Gasteiger partial charge in [-0.2, -0.15) is 0 Å². The molecule has 0 spiro atoms. The second-order valence-electron chi connectivity index (χ2n) is 9.25. The summed E-state index contributed by atoms with van der Waals surface area (Å²) < 4.78 is 12.3. The summed E-state index contributed by atoms with van der Waals surface area (Å²) in [6.07, 6.45) is 7.52. The van der Waals surface area contributed by atoms with Crippen LogP contribution in [0.2, 0.25) is 5.04 Å². The van der Waals surface area contributed by atoms with Gasteiger partial charge in [-0.15, -0.1) is 0 Å². The summed E-state index contributed by atoms with van der Waals surface area (Å²) in [4.78, 5) is 12.1. The number of unbranched alkanes of at least 4 members (excludes halogenated alkanes) is 5. The molecule has 0 saturated heterocycles. The Bertz CT molecular complexity index is 714. The van der Waals surface area contributed by atoms with Crippen LogP contribution in [0, 0.1) is 0 Å². The molecule has 2 aromatic carbocycles. The lowest BCUT2D eigenvalue weighted by Crippen LogP contribution is -2.66. The van der Waals surface area contributed by atoms with Crippen LogP contribution in [-0.2, 0) is 14.0 Å². The second kappa shape index (κ2) is 12.8. The number of rotatable bonds is 13. The van der Waals surface area contributed by atoms with E-state index in [1.54, 1.807) is 0 Å². The summed E-state index contributed by atoms with van der Waals surface area (Å²) in [6, 6.07) is 21.1. The van der Waals surface area contributed by atoms with E-state index in [9.17, 15) is 4.79 Å². The molecule has 31 heavy (non-hydrogen) atoms. The zero-order valence-electron chi connectivity index (χ0n) is 19.9. The van der Waals surface area contributed by atoms with Gasteiger partial charge in [0, 0.05) is 6.42 Å². The Hall–Kier alpha value is -1.91. The fourth-order valence-corrected chi connectivity index (χ4v) is 8.78. The Morgan fingerprint density at radius 2 is 1.29 bits per heavy atom. The lowest BCUT2D eigenvalue weighted by atomic mass is 10.1. The SMILES string of the molecule is CCCCCCCCC(=O)OCCO[Si](c1ccccc1)(c1ccccc1)C(C)(C)C. The van der Waals surface area contributed by atoms with Crippen molar-refractivity contribution < 1.29 is 14.0 Å². The first-order valence-electron chi connectivity index (χ1n) is 11.8. The lowest BCUT2D eigenvalue weighted by molar-refractivity contribution is -0.144. The molecule has 0 unspecified atom stereocenters. The first-order chi connectivity index (χ1) is 14.9. The molecule has 2 rings (SSSR count). The van der Waals surface area contributed by atoms with Crippen LogP contribution in [0.5, 0.6) is 0 Å². The van der Waals surface area contributed by atoms with Gasteiger partial charge in [0.1, 0.15) is 6.61 Å². The minimum Gasteiger partial charge on any atom is -0.463 e. The summed E-state index contributed by atoms with van der Waals surface area (Å²) in [5.74, 6) is -0.110. The average molecular weight is 441 g/mol. The predicted octanol–water partition coefficient (Wildman–Crippen LogP) is 5.86. The predicted molar refractivity (Wildman–Crippen MR) is 133 cm³/mol. The summed E-state index contributed by atoms with van der Waals surface area (Å²) in [6.45, 7) is 9.69. The summed E-state index contributed by atoms with van der Waals surface area (Å²) >= 11 is 0. The van der Waals surface area contributed by atoms with Crippen LogP contribution in [-0.4, -0.2) is 27.5 Å². The van der Waals surface area contributed by atoms with Gasteiger partial charge in [-0.3, -0.25) is 4.79 Å². The van der Waals surface area contributed by atoms with Crippen LogP contribution in [0.1, 0.15) is 72.6 Å². The highest BCUT2D eigenvalue weighted by atomic mass is 28.4. The van der Waals surface area contributed by atoms with Gasteiger partial charge in [-0.25, -0.2) is 0 Å². The minimum atomic E-state index is -2.56. The molecule has 0 bridgehead atoms. The summed E-state index contributed by atoms with van der Waals surface area (Å²) in [7, 11) is -2.56. The van der Waals surface area contributed by atoms with Gasteiger partial charge in [-0.05, 0) is 21.8 Å². The number of carbonyl (C=O) groups excluding carboxylic acids is 1. The third-order valence-corrected chi connectivity index (χ3v) is 10.9. The highest BCUT2D eigenvalue weighted by Crippen LogP contribution is 2.36. The molecular formula is C27H40O3Si. The van der Waals surface area contributed by atoms with Crippen molar-refractivity contribution in [1.82, 2.24) is 0 Å². The number of benzene rings is 2. The van der Waals surface area contributed by atoms with E-state index >= 15 is 0 Å². The van der Waals surface area contributed by atoms with E-state index in [4.69, 9.17) is 9.16 Å². The molecule has 0 fully saturated rings. The van der Waals surface area contributed by atoms with Gasteiger partial charge >= 0.3 is 5.97 Å². The molecule has 0 amide bonds. The Morgan fingerprint density at radius 3 is 1.81 bits per heavy atom. The smallest absolute Gasteiger partial charge is 0.305 e. The third kappa shape index (κ3) is 7.32. The molecule has 0 N–H and O–H groups in total.